The van der Waals surface area contributed by atoms with Crippen LogP contribution in [0.1, 0.15) is 12.8 Å². The number of carbonyl (C=O) groups is 1. The third-order valence-corrected chi connectivity index (χ3v) is 3.95. The maximum atomic E-state index is 12.1. The fraction of sp³-hybridized carbons (Fsp3) is 0.909. The largest absolute Gasteiger partial charge is 0.381 e. The third-order valence-electron chi connectivity index (χ3n) is 3.95. The third kappa shape index (κ3) is 1.66. The van der Waals surface area contributed by atoms with Crippen LogP contribution in [0.15, 0.2) is 0 Å². The number of amides is 1. The van der Waals surface area contributed by atoms with Crippen LogP contribution in [0.4, 0.5) is 0 Å². The van der Waals surface area contributed by atoms with E-state index in [1.807, 2.05) is 4.90 Å². The van der Waals surface area contributed by atoms with E-state index in [4.69, 9.17) is 4.74 Å². The first-order valence-corrected chi connectivity index (χ1v) is 5.94. The second-order valence-electron chi connectivity index (χ2n) is 4.91. The predicted molar refractivity (Wildman–Crippen MR) is 55.4 cm³/mol. The highest BCUT2D eigenvalue weighted by Gasteiger charge is 2.40. The second kappa shape index (κ2) is 3.76. The molecule has 3 heterocycles. The van der Waals surface area contributed by atoms with Gasteiger partial charge in [0.25, 0.3) is 0 Å². The summed E-state index contributed by atoms with van der Waals surface area (Å²) in [4.78, 5) is 14.1. The first kappa shape index (κ1) is 9.60. The van der Waals surface area contributed by atoms with Gasteiger partial charge in [-0.05, 0) is 25.3 Å². The highest BCUT2D eigenvalue weighted by Crippen LogP contribution is 2.27. The van der Waals surface area contributed by atoms with E-state index in [0.29, 0.717) is 24.5 Å². The molecule has 4 nitrogen and oxygen atoms in total. The fourth-order valence-electron chi connectivity index (χ4n) is 3.02. The molecule has 1 N–H and O–H groups in total. The summed E-state index contributed by atoms with van der Waals surface area (Å²) in [5.41, 5.74) is 0. The Bertz CT molecular complexity index is 251. The van der Waals surface area contributed by atoms with Crippen molar-refractivity contribution in [1.29, 1.82) is 0 Å². The molecule has 0 aromatic carbocycles. The topological polar surface area (TPSA) is 41.6 Å². The molecule has 0 bridgehead atoms. The highest BCUT2D eigenvalue weighted by molar-refractivity contribution is 5.79. The fourth-order valence-corrected chi connectivity index (χ4v) is 3.02. The van der Waals surface area contributed by atoms with E-state index in [9.17, 15) is 4.79 Å². The summed E-state index contributed by atoms with van der Waals surface area (Å²) in [6.07, 6.45) is 2.15. The number of nitrogens with zero attached hydrogens (tertiary/aromatic N) is 1. The van der Waals surface area contributed by atoms with Gasteiger partial charge in [-0.2, -0.15) is 0 Å². The molecule has 15 heavy (non-hydrogen) atoms. The molecule has 3 fully saturated rings. The van der Waals surface area contributed by atoms with Crippen molar-refractivity contribution in [1.82, 2.24) is 10.2 Å². The van der Waals surface area contributed by atoms with Gasteiger partial charge < -0.3 is 15.0 Å². The van der Waals surface area contributed by atoms with E-state index < -0.39 is 0 Å². The van der Waals surface area contributed by atoms with E-state index >= 15 is 0 Å². The Hall–Kier alpha value is -0.610. The van der Waals surface area contributed by atoms with Crippen LogP contribution in [-0.4, -0.2) is 49.7 Å². The molecule has 1 amide bonds. The lowest BCUT2D eigenvalue weighted by atomic mass is 10.1. The van der Waals surface area contributed by atoms with Gasteiger partial charge in [0, 0.05) is 25.7 Å². The molecule has 3 saturated heterocycles. The van der Waals surface area contributed by atoms with Gasteiger partial charge in [0.1, 0.15) is 0 Å². The molecule has 3 atom stereocenters. The average Bonchev–Trinajstić information content (AvgIpc) is 2.92. The zero-order valence-corrected chi connectivity index (χ0v) is 8.95. The lowest BCUT2D eigenvalue weighted by Gasteiger charge is -2.20. The summed E-state index contributed by atoms with van der Waals surface area (Å²) >= 11 is 0. The highest BCUT2D eigenvalue weighted by atomic mass is 16.5. The minimum atomic E-state index is 0.142. The Labute approximate surface area is 90.0 Å². The smallest absolute Gasteiger partial charge is 0.228 e. The molecule has 0 aromatic heterocycles. The number of hydrogen-bond acceptors (Lipinski definition) is 3. The molecule has 0 saturated carbocycles. The number of rotatable bonds is 1. The quantitative estimate of drug-likeness (QED) is 0.654. The minimum absolute atomic E-state index is 0.142. The van der Waals surface area contributed by atoms with Gasteiger partial charge in [-0.15, -0.1) is 0 Å². The molecule has 0 aliphatic carbocycles. The number of fused-ring (bicyclic) bond motifs is 1. The van der Waals surface area contributed by atoms with E-state index in [1.54, 1.807) is 0 Å². The zero-order chi connectivity index (χ0) is 10.3. The monoisotopic (exact) mass is 210 g/mol. The molecule has 4 heteroatoms. The Balaban J connectivity index is 1.61. The van der Waals surface area contributed by atoms with Crippen molar-refractivity contribution in [3.8, 4) is 0 Å². The summed E-state index contributed by atoms with van der Waals surface area (Å²) in [6.45, 7) is 4.41. The van der Waals surface area contributed by atoms with Gasteiger partial charge in [0.15, 0.2) is 0 Å². The maximum absolute atomic E-state index is 12.1. The Morgan fingerprint density at radius 2 is 2.27 bits per heavy atom. The Morgan fingerprint density at radius 3 is 3.00 bits per heavy atom. The summed E-state index contributed by atoms with van der Waals surface area (Å²) in [5.74, 6) is 1.17. The number of hydrogen-bond donors (Lipinski definition) is 1. The van der Waals surface area contributed by atoms with E-state index in [0.717, 1.165) is 32.7 Å². The molecule has 3 rings (SSSR count). The van der Waals surface area contributed by atoms with Crippen LogP contribution in [0.25, 0.3) is 0 Å². The van der Waals surface area contributed by atoms with Crippen LogP contribution >= 0.6 is 0 Å². The van der Waals surface area contributed by atoms with Crippen molar-refractivity contribution in [2.75, 3.05) is 32.8 Å². The normalized spacial score (nSPS) is 39.7. The lowest BCUT2D eigenvalue weighted by Crippen LogP contribution is -2.37. The molecular weight excluding hydrogens is 192 g/mol. The molecule has 0 spiro atoms. The number of nitrogens with one attached hydrogen (secondary N) is 1. The number of ether oxygens (including phenoxy) is 1. The van der Waals surface area contributed by atoms with Crippen LogP contribution in [0.3, 0.4) is 0 Å². The van der Waals surface area contributed by atoms with Crippen molar-refractivity contribution < 1.29 is 9.53 Å². The van der Waals surface area contributed by atoms with Gasteiger partial charge in [-0.25, -0.2) is 0 Å². The van der Waals surface area contributed by atoms with Crippen molar-refractivity contribution in [3.63, 3.8) is 0 Å². The van der Waals surface area contributed by atoms with Crippen LogP contribution in [0, 0.1) is 11.8 Å². The molecule has 84 valence electrons. The van der Waals surface area contributed by atoms with Gasteiger partial charge in [0.05, 0.1) is 12.5 Å². The van der Waals surface area contributed by atoms with Crippen LogP contribution in [0.2, 0.25) is 0 Å². The first-order valence-electron chi connectivity index (χ1n) is 5.94. The van der Waals surface area contributed by atoms with Crippen molar-refractivity contribution in [3.05, 3.63) is 0 Å². The zero-order valence-electron chi connectivity index (χ0n) is 8.95. The van der Waals surface area contributed by atoms with Crippen LogP contribution in [0.5, 0.6) is 0 Å². The van der Waals surface area contributed by atoms with Crippen molar-refractivity contribution in [2.24, 2.45) is 11.8 Å². The van der Waals surface area contributed by atoms with Crippen molar-refractivity contribution >= 4 is 5.91 Å². The Kier molecular flexibility index (Phi) is 2.41. The van der Waals surface area contributed by atoms with Gasteiger partial charge in [-0.1, -0.05) is 0 Å². The van der Waals surface area contributed by atoms with Crippen LogP contribution in [-0.2, 0) is 9.53 Å². The maximum Gasteiger partial charge on any atom is 0.228 e. The van der Waals surface area contributed by atoms with E-state index in [1.165, 1.54) is 6.42 Å². The minimum Gasteiger partial charge on any atom is -0.381 e. The lowest BCUT2D eigenvalue weighted by molar-refractivity contribution is -0.134. The summed E-state index contributed by atoms with van der Waals surface area (Å²) in [5, 5.41) is 3.47. The second-order valence-corrected chi connectivity index (χ2v) is 4.91. The summed E-state index contributed by atoms with van der Waals surface area (Å²) < 4.78 is 5.27. The standard InChI is InChI=1S/C11H18N2O2/c14-11(9-2-4-15-7-9)13-5-8-1-3-12-10(8)6-13/h8-10,12H,1-7H2/t8-,9?,10+/m1/s1. The number of likely N-dealkylation sites (tertiary alicyclic amines) is 1. The predicted octanol–water partition coefficient (Wildman–Crippen LogP) is -0.157. The van der Waals surface area contributed by atoms with E-state index in [-0.39, 0.29) is 5.92 Å². The molecule has 0 radical (unpaired) electrons. The molecular formula is C11H18N2O2. The van der Waals surface area contributed by atoms with Crippen LogP contribution < -0.4 is 5.32 Å². The number of carbonyl (C=O) groups excluding carboxylic acids is 1. The SMILES string of the molecule is O=C(C1CCOC1)N1C[C@H]2CCN[C@H]2C1. The summed E-state index contributed by atoms with van der Waals surface area (Å²) in [7, 11) is 0. The van der Waals surface area contributed by atoms with Gasteiger partial charge in [0.2, 0.25) is 5.91 Å². The first-order chi connectivity index (χ1) is 7.34. The average molecular weight is 210 g/mol. The molecule has 3 aliphatic heterocycles. The molecule has 0 aromatic rings. The molecule has 1 unspecified atom stereocenters. The van der Waals surface area contributed by atoms with E-state index in [2.05, 4.69) is 5.32 Å². The Morgan fingerprint density at radius 1 is 1.33 bits per heavy atom. The van der Waals surface area contributed by atoms with Gasteiger partial charge in [-0.3, -0.25) is 4.79 Å². The summed E-state index contributed by atoms with van der Waals surface area (Å²) in [6, 6.07) is 0.566. The molecule has 3 aliphatic rings. The van der Waals surface area contributed by atoms with Gasteiger partial charge >= 0.3 is 0 Å². The van der Waals surface area contributed by atoms with Crippen molar-refractivity contribution in [2.45, 2.75) is 18.9 Å².